The van der Waals surface area contributed by atoms with E-state index in [0.717, 1.165) is 4.47 Å². The molecule has 0 saturated carbocycles. The fourth-order valence-corrected chi connectivity index (χ4v) is 1.69. The molecule has 2 N–H and O–H groups in total. The first-order chi connectivity index (χ1) is 7.58. The minimum atomic E-state index is -0.879. The summed E-state index contributed by atoms with van der Waals surface area (Å²) in [5.74, 6) is -0.266. The van der Waals surface area contributed by atoms with E-state index in [0.29, 0.717) is 10.8 Å². The molecule has 0 aliphatic carbocycles. The Morgan fingerprint density at radius 3 is 3.00 bits per heavy atom. The molecular weight excluding hydrogens is 299 g/mol. The molecule has 0 radical (unpaired) electrons. The lowest BCUT2D eigenvalue weighted by molar-refractivity contribution is -0.142. The van der Waals surface area contributed by atoms with Gasteiger partial charge >= 0.3 is 5.97 Å². The predicted octanol–water partition coefficient (Wildman–Crippen LogP) is 1.44. The molecular formula is C9H10BrClN2O3. The fourth-order valence-electron chi connectivity index (χ4n) is 1.01. The van der Waals surface area contributed by atoms with Gasteiger partial charge < -0.3 is 15.2 Å². The maximum Gasteiger partial charge on any atom is 0.330 e. The van der Waals surface area contributed by atoms with Crippen LogP contribution in [0.5, 0.6) is 0 Å². The lowest BCUT2D eigenvalue weighted by atomic mass is 10.3. The summed E-state index contributed by atoms with van der Waals surface area (Å²) in [5.41, 5.74) is 0. The predicted molar refractivity (Wildman–Crippen MR) is 63.5 cm³/mol. The van der Waals surface area contributed by atoms with Crippen molar-refractivity contribution in [2.75, 3.05) is 19.0 Å². The summed E-state index contributed by atoms with van der Waals surface area (Å²) in [4.78, 5) is 15.2. The topological polar surface area (TPSA) is 71.5 Å². The minimum Gasteiger partial charge on any atom is -0.467 e. The summed E-state index contributed by atoms with van der Waals surface area (Å²) in [6, 6.07) is 0.749. The van der Waals surface area contributed by atoms with Crippen molar-refractivity contribution in [3.05, 3.63) is 21.8 Å². The highest BCUT2D eigenvalue weighted by molar-refractivity contribution is 9.10. The third-order valence-corrected chi connectivity index (χ3v) is 2.51. The standard InChI is InChI=1S/C9H10BrClN2O3/c1-16-9(15)7(4-14)13-8-6(11)2-5(10)3-12-8/h2-3,7,14H,4H2,1H3,(H,12,13). The number of nitrogens with one attached hydrogen (secondary N) is 1. The van der Waals surface area contributed by atoms with Gasteiger partial charge in [0.2, 0.25) is 0 Å². The van der Waals surface area contributed by atoms with Crippen LogP contribution in [0.2, 0.25) is 5.02 Å². The van der Waals surface area contributed by atoms with E-state index in [4.69, 9.17) is 16.7 Å². The molecule has 0 saturated heterocycles. The number of anilines is 1. The van der Waals surface area contributed by atoms with Crippen LogP contribution in [0, 0.1) is 0 Å². The van der Waals surface area contributed by atoms with Crippen LogP contribution in [0.25, 0.3) is 0 Å². The highest BCUT2D eigenvalue weighted by Crippen LogP contribution is 2.23. The fraction of sp³-hybridized carbons (Fsp3) is 0.333. The first-order valence-corrected chi connectivity index (χ1v) is 5.52. The monoisotopic (exact) mass is 308 g/mol. The number of aromatic nitrogens is 1. The summed E-state index contributed by atoms with van der Waals surface area (Å²) >= 11 is 9.10. The molecule has 1 aromatic rings. The van der Waals surface area contributed by atoms with Crippen molar-refractivity contribution in [2.24, 2.45) is 0 Å². The van der Waals surface area contributed by atoms with Crippen LogP contribution in [-0.2, 0) is 9.53 Å². The molecule has 0 fully saturated rings. The number of aliphatic hydroxyl groups excluding tert-OH is 1. The van der Waals surface area contributed by atoms with Gasteiger partial charge in [-0.25, -0.2) is 9.78 Å². The Kier molecular flexibility index (Phi) is 4.98. The molecule has 0 bridgehead atoms. The number of rotatable bonds is 4. The van der Waals surface area contributed by atoms with Crippen LogP contribution in [0.1, 0.15) is 0 Å². The Morgan fingerprint density at radius 1 is 1.81 bits per heavy atom. The van der Waals surface area contributed by atoms with Gasteiger partial charge in [0.05, 0.1) is 18.7 Å². The number of pyridine rings is 1. The molecule has 1 heterocycles. The van der Waals surface area contributed by atoms with Gasteiger partial charge in [-0.05, 0) is 22.0 Å². The van der Waals surface area contributed by atoms with E-state index in [9.17, 15) is 4.79 Å². The van der Waals surface area contributed by atoms with Crippen molar-refractivity contribution in [2.45, 2.75) is 6.04 Å². The van der Waals surface area contributed by atoms with E-state index >= 15 is 0 Å². The molecule has 7 heteroatoms. The van der Waals surface area contributed by atoms with Crippen molar-refractivity contribution in [3.8, 4) is 0 Å². The molecule has 16 heavy (non-hydrogen) atoms. The second kappa shape index (κ2) is 6.03. The van der Waals surface area contributed by atoms with Gasteiger partial charge in [-0.2, -0.15) is 0 Å². The lowest BCUT2D eigenvalue weighted by Gasteiger charge is -2.15. The van der Waals surface area contributed by atoms with Gasteiger partial charge in [0.25, 0.3) is 0 Å². The Hall–Kier alpha value is -0.850. The van der Waals surface area contributed by atoms with Crippen molar-refractivity contribution < 1.29 is 14.6 Å². The number of hydrogen-bond acceptors (Lipinski definition) is 5. The Balaban J connectivity index is 2.82. The Labute approximate surface area is 106 Å². The van der Waals surface area contributed by atoms with E-state index in [1.165, 1.54) is 13.3 Å². The Morgan fingerprint density at radius 2 is 2.50 bits per heavy atom. The molecule has 0 spiro atoms. The number of aliphatic hydroxyl groups is 1. The highest BCUT2D eigenvalue weighted by Gasteiger charge is 2.19. The first-order valence-electron chi connectivity index (χ1n) is 4.34. The van der Waals surface area contributed by atoms with Gasteiger partial charge in [-0.1, -0.05) is 11.6 Å². The van der Waals surface area contributed by atoms with Crippen LogP contribution in [0.15, 0.2) is 16.7 Å². The largest absolute Gasteiger partial charge is 0.467 e. The third kappa shape index (κ3) is 3.33. The van der Waals surface area contributed by atoms with Crippen molar-refractivity contribution >= 4 is 39.3 Å². The molecule has 1 aromatic heterocycles. The van der Waals surface area contributed by atoms with Gasteiger partial charge in [-0.3, -0.25) is 0 Å². The van der Waals surface area contributed by atoms with Crippen molar-refractivity contribution in [1.82, 2.24) is 4.98 Å². The maximum absolute atomic E-state index is 11.2. The molecule has 0 aliphatic heterocycles. The molecule has 0 aromatic carbocycles. The molecule has 1 unspecified atom stereocenters. The highest BCUT2D eigenvalue weighted by atomic mass is 79.9. The number of halogens is 2. The number of esters is 1. The third-order valence-electron chi connectivity index (χ3n) is 1.79. The molecule has 5 nitrogen and oxygen atoms in total. The number of ether oxygens (including phenoxy) is 1. The number of nitrogens with zero attached hydrogens (tertiary/aromatic N) is 1. The smallest absolute Gasteiger partial charge is 0.330 e. The van der Waals surface area contributed by atoms with Crippen LogP contribution in [-0.4, -0.2) is 35.8 Å². The van der Waals surface area contributed by atoms with Crippen molar-refractivity contribution in [1.29, 1.82) is 0 Å². The number of carbonyl (C=O) groups excluding carboxylic acids is 1. The normalized spacial score (nSPS) is 12.0. The minimum absolute atomic E-state index is 0.314. The SMILES string of the molecule is COC(=O)C(CO)Nc1ncc(Br)cc1Cl. The zero-order valence-electron chi connectivity index (χ0n) is 8.41. The molecule has 0 amide bonds. The molecule has 88 valence electrons. The van der Waals surface area contributed by atoms with E-state index in [1.807, 2.05) is 0 Å². The summed E-state index contributed by atoms with van der Waals surface area (Å²) in [6.07, 6.45) is 1.53. The van der Waals surface area contributed by atoms with Crippen LogP contribution in [0.4, 0.5) is 5.82 Å². The summed E-state index contributed by atoms with van der Waals surface area (Å²) in [6.45, 7) is -0.402. The quantitative estimate of drug-likeness (QED) is 0.824. The van der Waals surface area contributed by atoms with Gasteiger partial charge in [0.15, 0.2) is 0 Å². The average Bonchev–Trinajstić information content (AvgIpc) is 2.27. The van der Waals surface area contributed by atoms with Crippen molar-refractivity contribution in [3.63, 3.8) is 0 Å². The first kappa shape index (κ1) is 13.2. The number of methoxy groups -OCH3 is 1. The molecule has 1 atom stereocenters. The number of hydrogen-bond donors (Lipinski definition) is 2. The zero-order valence-corrected chi connectivity index (χ0v) is 10.7. The zero-order chi connectivity index (χ0) is 12.1. The second-order valence-corrected chi connectivity index (χ2v) is 4.21. The Bertz CT molecular complexity index is 389. The van der Waals surface area contributed by atoms with E-state index in [1.54, 1.807) is 6.07 Å². The maximum atomic E-state index is 11.2. The van der Waals surface area contributed by atoms with Gasteiger partial charge in [0.1, 0.15) is 11.9 Å². The van der Waals surface area contributed by atoms with Gasteiger partial charge in [-0.15, -0.1) is 0 Å². The van der Waals surface area contributed by atoms with Crippen LogP contribution < -0.4 is 5.32 Å². The molecule has 0 aliphatic rings. The van der Waals surface area contributed by atoms with E-state index in [2.05, 4.69) is 31.0 Å². The van der Waals surface area contributed by atoms with E-state index in [-0.39, 0.29) is 0 Å². The second-order valence-electron chi connectivity index (χ2n) is 2.89. The summed E-state index contributed by atoms with van der Waals surface area (Å²) < 4.78 is 5.22. The number of carbonyl (C=O) groups is 1. The summed E-state index contributed by atoms with van der Waals surface area (Å²) in [7, 11) is 1.24. The molecule has 1 rings (SSSR count). The van der Waals surface area contributed by atoms with Crippen LogP contribution >= 0.6 is 27.5 Å². The van der Waals surface area contributed by atoms with Gasteiger partial charge in [0, 0.05) is 10.7 Å². The summed E-state index contributed by atoms with van der Waals surface area (Å²) in [5, 5.41) is 12.0. The van der Waals surface area contributed by atoms with Crippen LogP contribution in [0.3, 0.4) is 0 Å². The van der Waals surface area contributed by atoms with E-state index < -0.39 is 18.6 Å². The lowest BCUT2D eigenvalue weighted by Crippen LogP contribution is -2.34. The average molecular weight is 310 g/mol.